The Bertz CT molecular complexity index is 1690. The maximum Gasteiger partial charge on any atom is 0.573 e. The van der Waals surface area contributed by atoms with Gasteiger partial charge in [-0.05, 0) is 36.4 Å². The second kappa shape index (κ2) is 11.3. The van der Waals surface area contributed by atoms with E-state index in [9.17, 15) is 30.8 Å². The summed E-state index contributed by atoms with van der Waals surface area (Å²) in [6.45, 7) is 1.65. The molecule has 1 amide bonds. The zero-order chi connectivity index (χ0) is 29.2. The number of alkyl halides is 3. The molecule has 0 aliphatic carbocycles. The van der Waals surface area contributed by atoms with Crippen LogP contribution in [0.15, 0.2) is 78.1 Å². The fraction of sp³-hybridized carbons (Fsp3) is 0.222. The van der Waals surface area contributed by atoms with Crippen LogP contribution in [0.3, 0.4) is 0 Å². The van der Waals surface area contributed by atoms with E-state index in [4.69, 9.17) is 0 Å². The Hall–Kier alpha value is -4.30. The quantitative estimate of drug-likeness (QED) is 0.318. The molecule has 1 fully saturated rings. The van der Waals surface area contributed by atoms with E-state index < -0.39 is 39.5 Å². The molecule has 1 aliphatic rings. The van der Waals surface area contributed by atoms with Crippen molar-refractivity contribution in [3.05, 3.63) is 90.1 Å². The summed E-state index contributed by atoms with van der Waals surface area (Å²) in [6.07, 6.45) is -1.15. The molecule has 214 valence electrons. The minimum absolute atomic E-state index is 0.118. The lowest BCUT2D eigenvalue weighted by atomic mass is 10.1. The molecule has 0 radical (unpaired) electrons. The van der Waals surface area contributed by atoms with Crippen LogP contribution < -0.4 is 9.46 Å². The fourth-order valence-corrected chi connectivity index (χ4v) is 5.76. The number of amides is 1. The molecular weight excluding hydrogens is 566 g/mol. The number of nitrogens with zero attached hydrogens (tertiary/aromatic N) is 4. The summed E-state index contributed by atoms with van der Waals surface area (Å²) in [4.78, 5) is 24.1. The zero-order valence-corrected chi connectivity index (χ0v) is 22.1. The number of nitrogens with one attached hydrogen (secondary N) is 1. The van der Waals surface area contributed by atoms with Crippen molar-refractivity contribution in [2.45, 2.75) is 17.8 Å². The minimum Gasteiger partial charge on any atom is -0.404 e. The van der Waals surface area contributed by atoms with Crippen LogP contribution in [0.2, 0.25) is 0 Å². The van der Waals surface area contributed by atoms with Crippen molar-refractivity contribution in [2.75, 3.05) is 30.9 Å². The van der Waals surface area contributed by atoms with Gasteiger partial charge in [-0.3, -0.25) is 24.4 Å². The Labute approximate surface area is 232 Å². The molecular formula is C27H23F4N5O4S. The Kier molecular flexibility index (Phi) is 7.78. The lowest BCUT2D eigenvalue weighted by Crippen LogP contribution is -2.48. The van der Waals surface area contributed by atoms with Crippen LogP contribution in [0.25, 0.3) is 10.9 Å². The topological polar surface area (TPSA) is 105 Å². The average Bonchev–Trinajstić information content (AvgIpc) is 2.94. The number of piperazine rings is 1. The van der Waals surface area contributed by atoms with Crippen LogP contribution in [0, 0.1) is 5.82 Å². The molecule has 2 aromatic heterocycles. The standard InChI is InChI=1S/C27H23F4N5O4S/c28-21-16-32-10-8-20(21)17-35-11-13-36(14-12-35)26(37)19-6-7-22(23(15-19)40-27(29,30)31)34-41(38,39)24-5-1-3-18-4-2-9-33-25(18)24/h1-10,15-16,34H,11-14,17H2. The van der Waals surface area contributed by atoms with E-state index in [1.54, 1.807) is 24.3 Å². The van der Waals surface area contributed by atoms with Crippen LogP contribution in [0.1, 0.15) is 15.9 Å². The summed E-state index contributed by atoms with van der Waals surface area (Å²) in [5.74, 6) is -1.87. The van der Waals surface area contributed by atoms with Crippen molar-refractivity contribution < 1.29 is 35.5 Å². The molecule has 4 aromatic rings. The Balaban J connectivity index is 1.35. The van der Waals surface area contributed by atoms with Crippen molar-refractivity contribution >= 4 is 32.5 Å². The number of hydrogen-bond acceptors (Lipinski definition) is 7. The van der Waals surface area contributed by atoms with Gasteiger partial charge in [0.25, 0.3) is 15.9 Å². The molecule has 0 bridgehead atoms. The predicted octanol–water partition coefficient (Wildman–Crippen LogP) is 4.43. The van der Waals surface area contributed by atoms with Crippen molar-refractivity contribution in [3.63, 3.8) is 0 Å². The van der Waals surface area contributed by atoms with Gasteiger partial charge in [-0.1, -0.05) is 18.2 Å². The van der Waals surface area contributed by atoms with Gasteiger partial charge < -0.3 is 9.64 Å². The second-order valence-electron chi connectivity index (χ2n) is 9.23. The number of pyridine rings is 2. The van der Waals surface area contributed by atoms with Crippen LogP contribution in [0.4, 0.5) is 23.2 Å². The SMILES string of the molecule is O=C(c1ccc(NS(=O)(=O)c2cccc3cccnc23)c(OC(F)(F)F)c1)N1CCN(Cc2ccncc2F)CC1. The van der Waals surface area contributed by atoms with Crippen LogP contribution >= 0.6 is 0 Å². The number of aromatic nitrogens is 2. The lowest BCUT2D eigenvalue weighted by molar-refractivity contribution is -0.274. The number of para-hydroxylation sites is 1. The van der Waals surface area contributed by atoms with E-state index in [2.05, 4.69) is 19.4 Å². The van der Waals surface area contributed by atoms with Crippen LogP contribution in [0.5, 0.6) is 5.75 Å². The fourth-order valence-electron chi connectivity index (χ4n) is 4.51. The first-order valence-corrected chi connectivity index (χ1v) is 13.8. The van der Waals surface area contributed by atoms with Crippen LogP contribution in [-0.2, 0) is 16.6 Å². The van der Waals surface area contributed by atoms with Crippen molar-refractivity contribution in [3.8, 4) is 5.75 Å². The molecule has 3 heterocycles. The van der Waals surface area contributed by atoms with E-state index in [0.29, 0.717) is 30.6 Å². The third-order valence-corrected chi connectivity index (χ3v) is 7.89. The molecule has 5 rings (SSSR count). The summed E-state index contributed by atoms with van der Waals surface area (Å²) in [5, 5.41) is 0.522. The monoisotopic (exact) mass is 589 g/mol. The van der Waals surface area contributed by atoms with E-state index in [-0.39, 0.29) is 29.1 Å². The van der Waals surface area contributed by atoms with Gasteiger partial charge in [0.2, 0.25) is 0 Å². The Morgan fingerprint density at radius 1 is 1.00 bits per heavy atom. The molecule has 1 saturated heterocycles. The zero-order valence-electron chi connectivity index (χ0n) is 21.3. The van der Waals surface area contributed by atoms with Gasteiger partial charge in [-0.25, -0.2) is 12.8 Å². The highest BCUT2D eigenvalue weighted by Crippen LogP contribution is 2.34. The van der Waals surface area contributed by atoms with Crippen LogP contribution in [-0.4, -0.2) is 66.6 Å². The van der Waals surface area contributed by atoms with E-state index in [1.165, 1.54) is 35.5 Å². The minimum atomic E-state index is -5.16. The summed E-state index contributed by atoms with van der Waals surface area (Å²) >= 11 is 0. The number of carbonyl (C=O) groups is 1. The smallest absolute Gasteiger partial charge is 0.404 e. The number of anilines is 1. The molecule has 41 heavy (non-hydrogen) atoms. The molecule has 1 N–H and O–H groups in total. The molecule has 14 heteroatoms. The molecule has 0 saturated carbocycles. The highest BCUT2D eigenvalue weighted by Gasteiger charge is 2.34. The third-order valence-electron chi connectivity index (χ3n) is 6.49. The molecule has 2 aromatic carbocycles. The molecule has 9 nitrogen and oxygen atoms in total. The first-order valence-electron chi connectivity index (χ1n) is 12.4. The van der Waals surface area contributed by atoms with E-state index in [1.807, 2.05) is 4.90 Å². The normalized spacial score (nSPS) is 14.7. The van der Waals surface area contributed by atoms with Gasteiger partial charge in [-0.15, -0.1) is 13.2 Å². The number of hydrogen-bond donors (Lipinski definition) is 1. The average molecular weight is 590 g/mol. The first kappa shape index (κ1) is 28.2. The number of rotatable bonds is 7. The van der Waals surface area contributed by atoms with Crippen molar-refractivity contribution in [2.24, 2.45) is 0 Å². The number of benzene rings is 2. The summed E-state index contributed by atoms with van der Waals surface area (Å²) in [7, 11) is -4.40. The number of sulfonamides is 1. The largest absolute Gasteiger partial charge is 0.573 e. The maximum atomic E-state index is 13.9. The molecule has 0 spiro atoms. The van der Waals surface area contributed by atoms with Gasteiger partial charge in [0.15, 0.2) is 5.75 Å². The highest BCUT2D eigenvalue weighted by molar-refractivity contribution is 7.93. The Morgan fingerprint density at radius 2 is 1.76 bits per heavy atom. The highest BCUT2D eigenvalue weighted by atomic mass is 32.2. The molecule has 0 atom stereocenters. The number of fused-ring (bicyclic) bond motifs is 1. The number of halogens is 4. The van der Waals surface area contributed by atoms with E-state index >= 15 is 0 Å². The maximum absolute atomic E-state index is 13.9. The molecule has 1 aliphatic heterocycles. The van der Waals surface area contributed by atoms with E-state index in [0.717, 1.165) is 18.3 Å². The van der Waals surface area contributed by atoms with Gasteiger partial charge in [0.05, 0.1) is 17.4 Å². The Morgan fingerprint density at radius 3 is 2.49 bits per heavy atom. The third kappa shape index (κ3) is 6.55. The lowest BCUT2D eigenvalue weighted by Gasteiger charge is -2.35. The van der Waals surface area contributed by atoms with Gasteiger partial charge in [0.1, 0.15) is 10.7 Å². The summed E-state index contributed by atoms with van der Waals surface area (Å²) in [6, 6.07) is 12.4. The molecule has 0 unspecified atom stereocenters. The van der Waals surface area contributed by atoms with Crippen molar-refractivity contribution in [1.29, 1.82) is 0 Å². The van der Waals surface area contributed by atoms with Gasteiger partial charge >= 0.3 is 6.36 Å². The van der Waals surface area contributed by atoms with Gasteiger partial charge in [0, 0.05) is 61.6 Å². The van der Waals surface area contributed by atoms with Crippen molar-refractivity contribution in [1.82, 2.24) is 19.8 Å². The second-order valence-corrected chi connectivity index (χ2v) is 10.9. The predicted molar refractivity (Wildman–Crippen MR) is 141 cm³/mol. The van der Waals surface area contributed by atoms with Gasteiger partial charge in [-0.2, -0.15) is 0 Å². The first-order chi connectivity index (χ1) is 19.5. The summed E-state index contributed by atoms with van der Waals surface area (Å²) in [5.41, 5.74) is -0.0203. The number of ether oxygens (including phenoxy) is 1. The number of carbonyl (C=O) groups excluding carboxylic acids is 1. The summed E-state index contributed by atoms with van der Waals surface area (Å²) < 4.78 is 86.4.